The Bertz CT molecular complexity index is 1770. The Balaban J connectivity index is 1.87. The van der Waals surface area contributed by atoms with Crippen molar-refractivity contribution in [2.45, 2.75) is 26.8 Å². The standard InChI is InChI=1S/C32H34N2O9S/c1-7-14-42-22-12-10-20(15-24(22)38-5)16-26-30(36)34-29(28(31(37)41-9-3)19(4)33-32(34)44-26)21-11-13-23(25(17-21)40-8-2)43-18-27(35)39-6/h7,10-13,15-17,29H,1,8-9,14,18H2,2-6H3/b26-16-/t29-/m1/s1. The molecule has 4 rings (SSSR count). The summed E-state index contributed by atoms with van der Waals surface area (Å²) in [6.07, 6.45) is 3.37. The second kappa shape index (κ2) is 14.6. The summed E-state index contributed by atoms with van der Waals surface area (Å²) in [6, 6.07) is 9.49. The van der Waals surface area contributed by atoms with Crippen LogP contribution in [0.15, 0.2) is 70.1 Å². The van der Waals surface area contributed by atoms with E-state index in [9.17, 15) is 14.4 Å². The molecule has 1 aliphatic heterocycles. The van der Waals surface area contributed by atoms with E-state index in [1.165, 1.54) is 30.1 Å². The smallest absolute Gasteiger partial charge is 0.343 e. The zero-order valence-electron chi connectivity index (χ0n) is 25.2. The van der Waals surface area contributed by atoms with Crippen LogP contribution < -0.4 is 33.8 Å². The van der Waals surface area contributed by atoms with Crippen molar-refractivity contribution in [3.63, 3.8) is 0 Å². The van der Waals surface area contributed by atoms with E-state index in [2.05, 4.69) is 16.3 Å². The lowest BCUT2D eigenvalue weighted by Crippen LogP contribution is -2.40. The molecule has 232 valence electrons. The van der Waals surface area contributed by atoms with Gasteiger partial charge >= 0.3 is 11.9 Å². The maximum atomic E-state index is 14.0. The molecule has 0 amide bonds. The van der Waals surface area contributed by atoms with Crippen LogP contribution in [0.4, 0.5) is 0 Å². The average molecular weight is 623 g/mol. The second-order valence-electron chi connectivity index (χ2n) is 9.32. The van der Waals surface area contributed by atoms with E-state index >= 15 is 0 Å². The SMILES string of the molecule is C=CCOc1ccc(/C=c2\sc3n(c2=O)[C@H](c2ccc(OCC(=O)OC)c(OCC)c2)C(C(=O)OCC)=C(C)N=3)cc1OC. The van der Waals surface area contributed by atoms with E-state index < -0.39 is 18.0 Å². The van der Waals surface area contributed by atoms with Gasteiger partial charge in [0.2, 0.25) is 0 Å². The monoisotopic (exact) mass is 622 g/mol. The molecule has 1 aromatic heterocycles. The number of allylic oxidation sites excluding steroid dienone is 1. The first-order chi connectivity index (χ1) is 21.3. The molecule has 3 aromatic rings. The molecule has 44 heavy (non-hydrogen) atoms. The zero-order chi connectivity index (χ0) is 31.8. The van der Waals surface area contributed by atoms with E-state index in [1.807, 2.05) is 6.07 Å². The minimum absolute atomic E-state index is 0.144. The summed E-state index contributed by atoms with van der Waals surface area (Å²) < 4.78 is 34.5. The summed E-state index contributed by atoms with van der Waals surface area (Å²) in [5, 5.41) is 0. The van der Waals surface area contributed by atoms with Gasteiger partial charge in [-0.3, -0.25) is 9.36 Å². The van der Waals surface area contributed by atoms with Gasteiger partial charge in [0.05, 0.1) is 49.3 Å². The number of ether oxygens (including phenoxy) is 6. The third kappa shape index (κ3) is 6.86. The number of fused-ring (bicyclic) bond motifs is 1. The van der Waals surface area contributed by atoms with E-state index in [0.717, 1.165) is 0 Å². The summed E-state index contributed by atoms with van der Waals surface area (Å²) >= 11 is 1.20. The normalized spacial score (nSPS) is 14.3. The van der Waals surface area contributed by atoms with Crippen molar-refractivity contribution in [2.75, 3.05) is 40.6 Å². The number of thiazole rings is 1. The largest absolute Gasteiger partial charge is 0.493 e. The number of hydrogen-bond donors (Lipinski definition) is 0. The van der Waals surface area contributed by atoms with Crippen LogP contribution >= 0.6 is 11.3 Å². The van der Waals surface area contributed by atoms with Crippen molar-refractivity contribution in [3.05, 3.63) is 91.1 Å². The van der Waals surface area contributed by atoms with Crippen LogP contribution in [0, 0.1) is 0 Å². The minimum Gasteiger partial charge on any atom is -0.493 e. The molecule has 0 spiro atoms. The Labute approximate surface area is 258 Å². The predicted molar refractivity (Wildman–Crippen MR) is 164 cm³/mol. The van der Waals surface area contributed by atoms with E-state index in [0.29, 0.717) is 62.4 Å². The second-order valence-corrected chi connectivity index (χ2v) is 10.3. The molecular formula is C32H34N2O9S. The fourth-order valence-corrected chi connectivity index (χ4v) is 5.62. The van der Waals surface area contributed by atoms with Crippen molar-refractivity contribution in [2.24, 2.45) is 4.99 Å². The highest BCUT2D eigenvalue weighted by Gasteiger charge is 2.34. The molecule has 1 atom stereocenters. The van der Waals surface area contributed by atoms with Gasteiger partial charge < -0.3 is 28.4 Å². The lowest BCUT2D eigenvalue weighted by atomic mass is 9.95. The van der Waals surface area contributed by atoms with Crippen molar-refractivity contribution in [3.8, 4) is 23.0 Å². The molecular weight excluding hydrogens is 588 g/mol. The molecule has 2 aromatic carbocycles. The molecule has 12 heteroatoms. The van der Waals surface area contributed by atoms with Gasteiger partial charge in [0.15, 0.2) is 34.4 Å². The Morgan fingerprint density at radius 1 is 1.00 bits per heavy atom. The first-order valence-electron chi connectivity index (χ1n) is 13.8. The van der Waals surface area contributed by atoms with Crippen LogP contribution in [-0.2, 0) is 19.1 Å². The summed E-state index contributed by atoms with van der Waals surface area (Å²) in [5.41, 5.74) is 1.58. The number of carbonyl (C=O) groups is 2. The Hall–Kier alpha value is -4.84. The molecule has 0 N–H and O–H groups in total. The fourth-order valence-electron chi connectivity index (χ4n) is 4.58. The van der Waals surface area contributed by atoms with E-state index in [4.69, 9.17) is 23.7 Å². The average Bonchev–Trinajstić information content (AvgIpc) is 3.32. The highest BCUT2D eigenvalue weighted by atomic mass is 32.1. The van der Waals surface area contributed by atoms with Gasteiger partial charge in [-0.15, -0.1) is 0 Å². The molecule has 0 aliphatic carbocycles. The van der Waals surface area contributed by atoms with Crippen LogP contribution in [0.3, 0.4) is 0 Å². The number of aromatic nitrogens is 1. The van der Waals surface area contributed by atoms with Gasteiger partial charge in [-0.1, -0.05) is 36.1 Å². The first kappa shape index (κ1) is 32.1. The predicted octanol–water partition coefficient (Wildman–Crippen LogP) is 3.32. The molecule has 0 saturated carbocycles. The Morgan fingerprint density at radius 2 is 1.75 bits per heavy atom. The summed E-state index contributed by atoms with van der Waals surface area (Å²) in [4.78, 5) is 44.0. The lowest BCUT2D eigenvalue weighted by Gasteiger charge is -2.25. The van der Waals surface area contributed by atoms with Gasteiger partial charge in [-0.2, -0.15) is 0 Å². The summed E-state index contributed by atoms with van der Waals surface area (Å²) in [6.45, 7) is 9.34. The third-order valence-corrected chi connectivity index (χ3v) is 7.50. The van der Waals surface area contributed by atoms with Crippen LogP contribution in [0.2, 0.25) is 0 Å². The van der Waals surface area contributed by atoms with Crippen LogP contribution in [-0.4, -0.2) is 57.2 Å². The number of benzene rings is 2. The zero-order valence-corrected chi connectivity index (χ0v) is 26.0. The number of nitrogens with zero attached hydrogens (tertiary/aromatic N) is 2. The van der Waals surface area contributed by atoms with Crippen LogP contribution in [0.25, 0.3) is 6.08 Å². The van der Waals surface area contributed by atoms with E-state index in [1.54, 1.807) is 63.3 Å². The quantitative estimate of drug-likeness (QED) is 0.209. The molecule has 0 saturated heterocycles. The topological polar surface area (TPSA) is 124 Å². The molecule has 0 bridgehead atoms. The number of carbonyl (C=O) groups excluding carboxylic acids is 2. The first-order valence-corrected chi connectivity index (χ1v) is 14.7. The fraction of sp³-hybridized carbons (Fsp3) is 0.312. The van der Waals surface area contributed by atoms with Gasteiger partial charge in [-0.05, 0) is 62.2 Å². The van der Waals surface area contributed by atoms with Crippen molar-refractivity contribution in [1.29, 1.82) is 0 Å². The Kier molecular flexibility index (Phi) is 10.6. The van der Waals surface area contributed by atoms with Gasteiger partial charge in [0.25, 0.3) is 5.56 Å². The van der Waals surface area contributed by atoms with E-state index in [-0.39, 0.29) is 24.3 Å². The number of esters is 2. The molecule has 1 aliphatic rings. The number of methoxy groups -OCH3 is 2. The van der Waals surface area contributed by atoms with Crippen molar-refractivity contribution >= 4 is 29.4 Å². The summed E-state index contributed by atoms with van der Waals surface area (Å²) in [5.74, 6) is 0.552. The highest BCUT2D eigenvalue weighted by Crippen LogP contribution is 2.36. The van der Waals surface area contributed by atoms with Crippen LogP contribution in [0.1, 0.15) is 37.9 Å². The van der Waals surface area contributed by atoms with Gasteiger partial charge in [0.1, 0.15) is 6.61 Å². The molecule has 0 unspecified atom stereocenters. The maximum Gasteiger partial charge on any atom is 0.343 e. The van der Waals surface area contributed by atoms with Gasteiger partial charge in [0, 0.05) is 0 Å². The Morgan fingerprint density at radius 3 is 2.43 bits per heavy atom. The number of rotatable bonds is 13. The molecule has 0 radical (unpaired) electrons. The summed E-state index contributed by atoms with van der Waals surface area (Å²) in [7, 11) is 2.81. The molecule has 0 fully saturated rings. The minimum atomic E-state index is -0.870. The molecule has 11 nitrogen and oxygen atoms in total. The number of hydrogen-bond acceptors (Lipinski definition) is 11. The molecule has 2 heterocycles. The van der Waals surface area contributed by atoms with Gasteiger partial charge in [-0.25, -0.2) is 14.6 Å². The third-order valence-electron chi connectivity index (χ3n) is 6.52. The van der Waals surface area contributed by atoms with Crippen molar-refractivity contribution < 1.29 is 38.0 Å². The van der Waals surface area contributed by atoms with Crippen molar-refractivity contribution in [1.82, 2.24) is 4.57 Å². The lowest BCUT2D eigenvalue weighted by molar-refractivity contribution is -0.143. The maximum absolute atomic E-state index is 14.0. The highest BCUT2D eigenvalue weighted by molar-refractivity contribution is 7.07. The van der Waals surface area contributed by atoms with Crippen LogP contribution in [0.5, 0.6) is 23.0 Å².